The fourth-order valence-electron chi connectivity index (χ4n) is 2.68. The van der Waals surface area contributed by atoms with Gasteiger partial charge in [0.1, 0.15) is 5.76 Å². The Bertz CT molecular complexity index is 1060. The molecule has 7 nitrogen and oxygen atoms in total. The van der Waals surface area contributed by atoms with E-state index in [1.54, 1.807) is 12.1 Å². The minimum Gasteiger partial charge on any atom is -0.468 e. The molecule has 0 atom stereocenters. The van der Waals surface area contributed by atoms with E-state index in [0.29, 0.717) is 17.9 Å². The van der Waals surface area contributed by atoms with Gasteiger partial charge < -0.3 is 14.6 Å². The summed E-state index contributed by atoms with van der Waals surface area (Å²) >= 11 is 0. The van der Waals surface area contributed by atoms with E-state index in [2.05, 4.69) is 10.0 Å². The maximum Gasteiger partial charge on any atom is 0.251 e. The zero-order chi connectivity index (χ0) is 20.9. The molecule has 0 aliphatic carbocycles. The molecule has 3 rings (SSSR count). The van der Waals surface area contributed by atoms with Crippen molar-refractivity contribution in [2.75, 3.05) is 19.0 Å². The molecule has 29 heavy (non-hydrogen) atoms. The van der Waals surface area contributed by atoms with Crippen molar-refractivity contribution < 1.29 is 17.6 Å². The molecule has 0 unspecified atom stereocenters. The van der Waals surface area contributed by atoms with Crippen LogP contribution < -0.4 is 14.9 Å². The van der Waals surface area contributed by atoms with Crippen LogP contribution in [0.3, 0.4) is 0 Å². The minimum absolute atomic E-state index is 0.0591. The summed E-state index contributed by atoms with van der Waals surface area (Å²) in [6.45, 7) is 0.439. The maximum absolute atomic E-state index is 12.4. The predicted molar refractivity (Wildman–Crippen MR) is 111 cm³/mol. The Balaban J connectivity index is 1.60. The topological polar surface area (TPSA) is 91.7 Å². The van der Waals surface area contributed by atoms with Crippen LogP contribution >= 0.6 is 0 Å². The van der Waals surface area contributed by atoms with E-state index in [4.69, 9.17) is 4.42 Å². The van der Waals surface area contributed by atoms with Gasteiger partial charge in [-0.3, -0.25) is 4.79 Å². The van der Waals surface area contributed by atoms with E-state index in [0.717, 1.165) is 11.3 Å². The molecular formula is C21H23N3O4S. The van der Waals surface area contributed by atoms with Gasteiger partial charge in [0.25, 0.3) is 5.91 Å². The Kier molecular flexibility index (Phi) is 6.36. The minimum atomic E-state index is -3.69. The van der Waals surface area contributed by atoms with Crippen molar-refractivity contribution in [3.05, 3.63) is 83.8 Å². The lowest BCUT2D eigenvalue weighted by Gasteiger charge is -2.14. The lowest BCUT2D eigenvalue weighted by Crippen LogP contribution is -2.24. The first-order valence-corrected chi connectivity index (χ1v) is 10.5. The van der Waals surface area contributed by atoms with E-state index >= 15 is 0 Å². The van der Waals surface area contributed by atoms with Crippen LogP contribution in [-0.2, 0) is 23.1 Å². The second kappa shape index (κ2) is 8.93. The SMILES string of the molecule is CN(C)c1cccc(CNC(=O)c2ccc(S(=O)(=O)NCc3ccco3)cc2)c1. The highest BCUT2D eigenvalue weighted by molar-refractivity contribution is 7.89. The molecule has 1 heterocycles. The number of hydrogen-bond donors (Lipinski definition) is 2. The molecule has 2 aromatic carbocycles. The van der Waals surface area contributed by atoms with Crippen LogP contribution in [-0.4, -0.2) is 28.4 Å². The lowest BCUT2D eigenvalue weighted by molar-refractivity contribution is 0.0951. The Hall–Kier alpha value is -3.10. The van der Waals surface area contributed by atoms with Crippen LogP contribution in [0.1, 0.15) is 21.7 Å². The van der Waals surface area contributed by atoms with Gasteiger partial charge in [-0.15, -0.1) is 0 Å². The van der Waals surface area contributed by atoms with Crippen molar-refractivity contribution in [1.82, 2.24) is 10.0 Å². The average molecular weight is 413 g/mol. The lowest BCUT2D eigenvalue weighted by atomic mass is 10.1. The third-order valence-corrected chi connectivity index (χ3v) is 5.74. The van der Waals surface area contributed by atoms with E-state index in [1.165, 1.54) is 30.5 Å². The Morgan fingerprint density at radius 1 is 1.00 bits per heavy atom. The fourth-order valence-corrected chi connectivity index (χ4v) is 3.67. The summed E-state index contributed by atoms with van der Waals surface area (Å²) in [6.07, 6.45) is 1.48. The molecule has 0 fully saturated rings. The molecule has 152 valence electrons. The average Bonchev–Trinajstić information content (AvgIpc) is 3.25. The van der Waals surface area contributed by atoms with Gasteiger partial charge in [0.15, 0.2) is 0 Å². The summed E-state index contributed by atoms with van der Waals surface area (Å²) < 4.78 is 32.3. The maximum atomic E-state index is 12.4. The molecule has 0 aliphatic heterocycles. The standard InChI is InChI=1S/C21H23N3O4S/c1-24(2)18-6-3-5-16(13-18)14-22-21(25)17-8-10-20(11-9-17)29(26,27)23-15-19-7-4-12-28-19/h3-13,23H,14-15H2,1-2H3,(H,22,25). The van der Waals surface area contributed by atoms with Crippen molar-refractivity contribution in [3.8, 4) is 0 Å². The number of nitrogens with zero attached hydrogens (tertiary/aromatic N) is 1. The zero-order valence-corrected chi connectivity index (χ0v) is 17.1. The number of benzene rings is 2. The quantitative estimate of drug-likeness (QED) is 0.593. The van der Waals surface area contributed by atoms with Crippen molar-refractivity contribution in [1.29, 1.82) is 0 Å². The van der Waals surface area contributed by atoms with Gasteiger partial charge in [0, 0.05) is 31.9 Å². The Morgan fingerprint density at radius 2 is 1.76 bits per heavy atom. The van der Waals surface area contributed by atoms with Crippen LogP contribution in [0, 0.1) is 0 Å². The van der Waals surface area contributed by atoms with Gasteiger partial charge in [0.2, 0.25) is 10.0 Å². The van der Waals surface area contributed by atoms with Gasteiger partial charge in [-0.25, -0.2) is 13.1 Å². The van der Waals surface area contributed by atoms with Gasteiger partial charge in [-0.2, -0.15) is 0 Å². The first kappa shape index (κ1) is 20.6. The van der Waals surface area contributed by atoms with Crippen LogP contribution in [0.5, 0.6) is 0 Å². The Morgan fingerprint density at radius 3 is 2.41 bits per heavy atom. The largest absolute Gasteiger partial charge is 0.468 e. The molecule has 2 N–H and O–H groups in total. The third-order valence-electron chi connectivity index (χ3n) is 4.32. The summed E-state index contributed by atoms with van der Waals surface area (Å²) in [4.78, 5) is 14.5. The molecule has 0 saturated heterocycles. The number of anilines is 1. The monoisotopic (exact) mass is 413 g/mol. The van der Waals surface area contributed by atoms with Crippen molar-refractivity contribution >= 4 is 21.6 Å². The number of carbonyl (C=O) groups excluding carboxylic acids is 1. The molecule has 1 aromatic heterocycles. The van der Waals surface area contributed by atoms with Crippen LogP contribution in [0.25, 0.3) is 0 Å². The second-order valence-electron chi connectivity index (χ2n) is 6.68. The van der Waals surface area contributed by atoms with Crippen molar-refractivity contribution in [3.63, 3.8) is 0 Å². The number of hydrogen-bond acceptors (Lipinski definition) is 5. The number of furan rings is 1. The molecule has 0 aliphatic rings. The molecule has 0 bridgehead atoms. The highest BCUT2D eigenvalue weighted by atomic mass is 32.2. The van der Waals surface area contributed by atoms with Gasteiger partial charge >= 0.3 is 0 Å². The number of sulfonamides is 1. The van der Waals surface area contributed by atoms with Gasteiger partial charge in [-0.1, -0.05) is 12.1 Å². The summed E-state index contributed by atoms with van der Waals surface area (Å²) in [5.74, 6) is 0.246. The van der Waals surface area contributed by atoms with E-state index in [1.807, 2.05) is 43.3 Å². The fraction of sp³-hybridized carbons (Fsp3) is 0.190. The first-order chi connectivity index (χ1) is 13.8. The molecule has 1 amide bonds. The molecule has 0 radical (unpaired) electrons. The predicted octanol–water partition coefficient (Wildman–Crippen LogP) is 2.75. The van der Waals surface area contributed by atoms with Crippen LogP contribution in [0.2, 0.25) is 0 Å². The van der Waals surface area contributed by atoms with Crippen LogP contribution in [0.15, 0.2) is 76.2 Å². The molecule has 3 aromatic rings. The normalized spacial score (nSPS) is 11.2. The molecule has 8 heteroatoms. The smallest absolute Gasteiger partial charge is 0.251 e. The highest BCUT2D eigenvalue weighted by Crippen LogP contribution is 2.14. The van der Waals surface area contributed by atoms with Gasteiger partial charge in [0.05, 0.1) is 17.7 Å². The third kappa shape index (κ3) is 5.46. The number of carbonyl (C=O) groups is 1. The molecular weight excluding hydrogens is 390 g/mol. The van der Waals surface area contributed by atoms with Gasteiger partial charge in [-0.05, 0) is 54.1 Å². The van der Waals surface area contributed by atoms with E-state index in [-0.39, 0.29) is 17.3 Å². The number of amides is 1. The first-order valence-electron chi connectivity index (χ1n) is 9.02. The Labute approximate surface area is 170 Å². The summed E-state index contributed by atoms with van der Waals surface area (Å²) in [6, 6.07) is 17.0. The molecule has 0 spiro atoms. The number of rotatable bonds is 8. The zero-order valence-electron chi connectivity index (χ0n) is 16.3. The second-order valence-corrected chi connectivity index (χ2v) is 8.44. The molecule has 0 saturated carbocycles. The highest BCUT2D eigenvalue weighted by Gasteiger charge is 2.15. The van der Waals surface area contributed by atoms with Crippen molar-refractivity contribution in [2.24, 2.45) is 0 Å². The van der Waals surface area contributed by atoms with Crippen molar-refractivity contribution in [2.45, 2.75) is 18.0 Å². The van der Waals surface area contributed by atoms with E-state index < -0.39 is 10.0 Å². The summed E-state index contributed by atoms with van der Waals surface area (Å²) in [7, 11) is 0.217. The number of nitrogens with one attached hydrogen (secondary N) is 2. The van der Waals surface area contributed by atoms with Crippen LogP contribution in [0.4, 0.5) is 5.69 Å². The van der Waals surface area contributed by atoms with E-state index in [9.17, 15) is 13.2 Å². The summed E-state index contributed by atoms with van der Waals surface area (Å²) in [5, 5.41) is 2.85. The summed E-state index contributed by atoms with van der Waals surface area (Å²) in [5.41, 5.74) is 2.41.